The maximum atomic E-state index is 5.63. The number of hydrogen-bond donors (Lipinski definition) is 1. The molecular formula is C14H24N2O. The Morgan fingerprint density at radius 3 is 2.76 bits per heavy atom. The predicted octanol–water partition coefficient (Wildman–Crippen LogP) is 3.15. The number of aromatic nitrogens is 1. The summed E-state index contributed by atoms with van der Waals surface area (Å²) in [6.07, 6.45) is 6.31. The molecule has 0 aliphatic heterocycles. The van der Waals surface area contributed by atoms with Crippen molar-refractivity contribution in [2.75, 3.05) is 13.7 Å². The monoisotopic (exact) mass is 236 g/mol. The minimum Gasteiger partial charge on any atom is -0.478 e. The van der Waals surface area contributed by atoms with Crippen molar-refractivity contribution in [2.24, 2.45) is 0 Å². The second-order valence-corrected chi connectivity index (χ2v) is 4.26. The van der Waals surface area contributed by atoms with Crippen LogP contribution < -0.4 is 10.1 Å². The summed E-state index contributed by atoms with van der Waals surface area (Å²) >= 11 is 0. The van der Waals surface area contributed by atoms with E-state index in [1.54, 1.807) is 0 Å². The van der Waals surface area contributed by atoms with Crippen molar-refractivity contribution in [3.63, 3.8) is 0 Å². The molecule has 1 N–H and O–H groups in total. The van der Waals surface area contributed by atoms with Crippen molar-refractivity contribution in [2.45, 2.75) is 45.6 Å². The van der Waals surface area contributed by atoms with Crippen molar-refractivity contribution in [3.05, 3.63) is 23.9 Å². The van der Waals surface area contributed by atoms with Crippen molar-refractivity contribution >= 4 is 0 Å². The second-order valence-electron chi connectivity index (χ2n) is 4.26. The molecule has 0 radical (unpaired) electrons. The van der Waals surface area contributed by atoms with E-state index in [9.17, 15) is 0 Å². The summed E-state index contributed by atoms with van der Waals surface area (Å²) in [4.78, 5) is 4.41. The van der Waals surface area contributed by atoms with Gasteiger partial charge in [0.15, 0.2) is 0 Å². The van der Waals surface area contributed by atoms with E-state index in [-0.39, 0.29) is 0 Å². The van der Waals surface area contributed by atoms with Gasteiger partial charge >= 0.3 is 0 Å². The normalized spacial score (nSPS) is 10.5. The number of rotatable bonds is 9. The van der Waals surface area contributed by atoms with Crippen LogP contribution in [0.4, 0.5) is 0 Å². The molecule has 0 aliphatic rings. The molecule has 0 saturated heterocycles. The zero-order valence-electron chi connectivity index (χ0n) is 11.0. The minimum atomic E-state index is 0.744. The van der Waals surface area contributed by atoms with Crippen LogP contribution in [0, 0.1) is 0 Å². The zero-order chi connectivity index (χ0) is 12.3. The van der Waals surface area contributed by atoms with Crippen LogP contribution in [0.25, 0.3) is 0 Å². The van der Waals surface area contributed by atoms with Gasteiger partial charge < -0.3 is 10.1 Å². The maximum Gasteiger partial charge on any atom is 0.213 e. The number of ether oxygens (including phenoxy) is 1. The predicted molar refractivity (Wildman–Crippen MR) is 71.3 cm³/mol. The van der Waals surface area contributed by atoms with Crippen LogP contribution >= 0.6 is 0 Å². The quantitative estimate of drug-likeness (QED) is 0.669. The molecule has 17 heavy (non-hydrogen) atoms. The smallest absolute Gasteiger partial charge is 0.213 e. The molecule has 0 aromatic carbocycles. The fourth-order valence-corrected chi connectivity index (χ4v) is 1.70. The Hall–Kier alpha value is -1.09. The number of hydrogen-bond acceptors (Lipinski definition) is 3. The van der Waals surface area contributed by atoms with Gasteiger partial charge in [0.2, 0.25) is 5.88 Å². The summed E-state index contributed by atoms with van der Waals surface area (Å²) in [5.41, 5.74) is 1.02. The third kappa shape index (κ3) is 6.27. The Morgan fingerprint density at radius 1 is 1.18 bits per heavy atom. The molecule has 1 heterocycles. The van der Waals surface area contributed by atoms with Gasteiger partial charge in [0, 0.05) is 12.6 Å². The zero-order valence-corrected chi connectivity index (χ0v) is 11.0. The van der Waals surface area contributed by atoms with Crippen molar-refractivity contribution in [1.82, 2.24) is 10.3 Å². The maximum absolute atomic E-state index is 5.63. The van der Waals surface area contributed by atoms with Crippen LogP contribution in [0.5, 0.6) is 5.88 Å². The molecule has 3 nitrogen and oxygen atoms in total. The molecule has 0 aliphatic carbocycles. The van der Waals surface area contributed by atoms with Crippen LogP contribution in [0.2, 0.25) is 0 Å². The van der Waals surface area contributed by atoms with E-state index in [1.165, 1.54) is 25.7 Å². The molecular weight excluding hydrogens is 212 g/mol. The molecule has 0 saturated carbocycles. The van der Waals surface area contributed by atoms with Gasteiger partial charge in [-0.25, -0.2) is 4.98 Å². The van der Waals surface area contributed by atoms with Crippen LogP contribution in [0.3, 0.4) is 0 Å². The number of nitrogens with one attached hydrogen (secondary N) is 1. The summed E-state index contributed by atoms with van der Waals surface area (Å²) in [5, 5.41) is 3.08. The van der Waals surface area contributed by atoms with Gasteiger partial charge in [0.1, 0.15) is 0 Å². The highest BCUT2D eigenvalue weighted by Gasteiger charge is 1.97. The summed E-state index contributed by atoms with van der Waals surface area (Å²) in [5.74, 6) is 0.744. The Morgan fingerprint density at radius 2 is 2.00 bits per heavy atom. The number of nitrogens with zero attached hydrogens (tertiary/aromatic N) is 1. The first kappa shape index (κ1) is 14.0. The van der Waals surface area contributed by atoms with Gasteiger partial charge in [0.05, 0.1) is 12.3 Å². The van der Waals surface area contributed by atoms with Gasteiger partial charge in [-0.1, -0.05) is 38.7 Å². The lowest BCUT2D eigenvalue weighted by Gasteiger charge is -2.06. The summed E-state index contributed by atoms with van der Waals surface area (Å²) in [7, 11) is 1.92. The summed E-state index contributed by atoms with van der Waals surface area (Å²) in [6.45, 7) is 3.79. The van der Waals surface area contributed by atoms with Gasteiger partial charge in [-0.2, -0.15) is 0 Å². The van der Waals surface area contributed by atoms with E-state index in [4.69, 9.17) is 4.74 Å². The van der Waals surface area contributed by atoms with Gasteiger partial charge in [-0.3, -0.25) is 0 Å². The first-order valence-corrected chi connectivity index (χ1v) is 6.60. The topological polar surface area (TPSA) is 34.1 Å². The van der Waals surface area contributed by atoms with Gasteiger partial charge in [-0.15, -0.1) is 0 Å². The summed E-state index contributed by atoms with van der Waals surface area (Å²) in [6, 6.07) is 5.92. The van der Waals surface area contributed by atoms with Crippen LogP contribution in [0.15, 0.2) is 18.2 Å². The highest BCUT2D eigenvalue weighted by atomic mass is 16.5. The lowest BCUT2D eigenvalue weighted by atomic mass is 10.2. The van der Waals surface area contributed by atoms with Gasteiger partial charge in [0.25, 0.3) is 0 Å². The molecule has 3 heteroatoms. The third-order valence-corrected chi connectivity index (χ3v) is 2.64. The first-order valence-electron chi connectivity index (χ1n) is 6.60. The molecule has 0 fully saturated rings. The number of unbranched alkanes of at least 4 members (excludes halogenated alkanes) is 4. The Bertz CT molecular complexity index is 302. The van der Waals surface area contributed by atoms with Crippen LogP contribution in [-0.2, 0) is 6.54 Å². The molecule has 0 bridgehead atoms. The van der Waals surface area contributed by atoms with Crippen molar-refractivity contribution < 1.29 is 4.74 Å². The Kier molecular flexibility index (Phi) is 7.39. The summed E-state index contributed by atoms with van der Waals surface area (Å²) < 4.78 is 5.63. The molecule has 0 amide bonds. The Balaban J connectivity index is 2.19. The standard InChI is InChI=1S/C14H24N2O/c1-3-4-5-6-7-11-17-14-10-8-9-13(16-14)12-15-2/h8-10,15H,3-7,11-12H2,1-2H3. The first-order chi connectivity index (χ1) is 8.36. The van der Waals surface area contributed by atoms with E-state index in [0.29, 0.717) is 0 Å². The highest BCUT2D eigenvalue weighted by Crippen LogP contribution is 2.09. The van der Waals surface area contributed by atoms with E-state index >= 15 is 0 Å². The van der Waals surface area contributed by atoms with Crippen LogP contribution in [-0.4, -0.2) is 18.6 Å². The second kappa shape index (κ2) is 8.99. The lowest BCUT2D eigenvalue weighted by Crippen LogP contribution is -2.08. The van der Waals surface area contributed by atoms with Crippen molar-refractivity contribution in [3.8, 4) is 5.88 Å². The largest absolute Gasteiger partial charge is 0.478 e. The van der Waals surface area contributed by atoms with E-state index in [2.05, 4.69) is 17.2 Å². The molecule has 0 spiro atoms. The SMILES string of the molecule is CCCCCCCOc1cccc(CNC)n1. The van der Waals surface area contributed by atoms with Crippen LogP contribution in [0.1, 0.15) is 44.7 Å². The molecule has 1 aromatic heterocycles. The highest BCUT2D eigenvalue weighted by molar-refractivity contribution is 5.15. The molecule has 0 atom stereocenters. The fraction of sp³-hybridized carbons (Fsp3) is 0.643. The fourth-order valence-electron chi connectivity index (χ4n) is 1.70. The average Bonchev–Trinajstić information content (AvgIpc) is 2.35. The van der Waals surface area contributed by atoms with Crippen molar-refractivity contribution in [1.29, 1.82) is 0 Å². The van der Waals surface area contributed by atoms with E-state index in [1.807, 2.05) is 25.2 Å². The number of pyridine rings is 1. The van der Waals surface area contributed by atoms with E-state index in [0.717, 1.165) is 31.1 Å². The third-order valence-electron chi connectivity index (χ3n) is 2.64. The van der Waals surface area contributed by atoms with E-state index < -0.39 is 0 Å². The van der Waals surface area contributed by atoms with Gasteiger partial charge in [-0.05, 0) is 19.5 Å². The molecule has 1 aromatic rings. The molecule has 96 valence electrons. The average molecular weight is 236 g/mol. The molecule has 0 unspecified atom stereocenters. The lowest BCUT2D eigenvalue weighted by molar-refractivity contribution is 0.292. The minimum absolute atomic E-state index is 0.744. The molecule has 1 rings (SSSR count). The Labute approximate surface area is 105 Å².